The number of nitrogens with two attached hydrogens (primary N) is 1. The Morgan fingerprint density at radius 2 is 1.88 bits per heavy atom. The highest BCUT2D eigenvalue weighted by Gasteiger charge is 2.17. The number of furan rings is 1. The number of carbonyl (C=O) groups excluding carboxylic acids is 1. The molecule has 0 radical (unpaired) electrons. The smallest absolute Gasteiger partial charge is 0.158 e. The first-order valence-corrected chi connectivity index (χ1v) is 5.95. The summed E-state index contributed by atoms with van der Waals surface area (Å²) in [7, 11) is 0. The van der Waals surface area contributed by atoms with Crippen LogP contribution in [0, 0.1) is 5.92 Å². The number of rotatable bonds is 4. The molecule has 1 aromatic rings. The third-order valence-electron chi connectivity index (χ3n) is 2.71. The van der Waals surface area contributed by atoms with Crippen molar-refractivity contribution >= 4 is 11.5 Å². The van der Waals surface area contributed by atoms with Gasteiger partial charge >= 0.3 is 0 Å². The molecule has 2 N–H and O–H groups in total. The van der Waals surface area contributed by atoms with Gasteiger partial charge in [0.25, 0.3) is 0 Å². The fourth-order valence-electron chi connectivity index (χ4n) is 1.85. The number of Topliss-reactive ketones (excluding diaryl/α,β-unsaturated/α-hetero) is 1. The van der Waals surface area contributed by atoms with E-state index in [4.69, 9.17) is 10.2 Å². The summed E-state index contributed by atoms with van der Waals surface area (Å²) in [5.74, 6) is 1.89. The average Bonchev–Trinajstić information content (AvgIpc) is 2.64. The van der Waals surface area contributed by atoms with Crippen LogP contribution in [0.5, 0.6) is 0 Å². The van der Waals surface area contributed by atoms with Gasteiger partial charge in [-0.15, -0.1) is 0 Å². The van der Waals surface area contributed by atoms with Crippen LogP contribution in [0.1, 0.15) is 53.5 Å². The lowest BCUT2D eigenvalue weighted by atomic mass is 9.97. The molecule has 0 fully saturated rings. The molecular formula is C14H23NO2. The summed E-state index contributed by atoms with van der Waals surface area (Å²) in [4.78, 5) is 11.6. The predicted octanol–water partition coefficient (Wildman–Crippen LogP) is 3.56. The van der Waals surface area contributed by atoms with Crippen LogP contribution in [-0.2, 0) is 4.79 Å². The first-order valence-electron chi connectivity index (χ1n) is 5.95. The Kier molecular flexibility index (Phi) is 4.16. The van der Waals surface area contributed by atoms with Crippen molar-refractivity contribution in [2.24, 2.45) is 11.7 Å². The molecule has 96 valence electrons. The van der Waals surface area contributed by atoms with Gasteiger partial charge in [-0.3, -0.25) is 4.79 Å². The van der Waals surface area contributed by atoms with Crippen LogP contribution in [0.3, 0.4) is 0 Å². The zero-order chi connectivity index (χ0) is 13.2. The first kappa shape index (κ1) is 13.6. The van der Waals surface area contributed by atoms with Crippen molar-refractivity contribution in [2.75, 3.05) is 0 Å². The summed E-state index contributed by atoms with van der Waals surface area (Å²) in [6.45, 7) is 9.55. The summed E-state index contributed by atoms with van der Waals surface area (Å²) in [6, 6.07) is 3.74. The van der Waals surface area contributed by atoms with E-state index in [-0.39, 0.29) is 13.1 Å². The molecular weight excluding hydrogens is 214 g/mol. The van der Waals surface area contributed by atoms with Crippen molar-refractivity contribution in [3.8, 4) is 0 Å². The molecule has 0 bridgehead atoms. The van der Waals surface area contributed by atoms with Crippen molar-refractivity contribution in [1.29, 1.82) is 0 Å². The molecule has 0 amide bonds. The van der Waals surface area contributed by atoms with Crippen LogP contribution in [0.25, 0.3) is 5.70 Å². The van der Waals surface area contributed by atoms with E-state index in [0.717, 1.165) is 5.76 Å². The van der Waals surface area contributed by atoms with Crippen LogP contribution in [0.4, 0.5) is 0 Å². The van der Waals surface area contributed by atoms with Gasteiger partial charge in [-0.05, 0) is 25.0 Å². The summed E-state index contributed by atoms with van der Waals surface area (Å²) in [5, 5.41) is 0. The van der Waals surface area contributed by atoms with E-state index in [2.05, 4.69) is 13.8 Å². The maximum Gasteiger partial charge on any atom is 0.158 e. The van der Waals surface area contributed by atoms with Gasteiger partial charge in [0.05, 0.1) is 5.70 Å². The fourth-order valence-corrected chi connectivity index (χ4v) is 1.85. The minimum absolute atomic E-state index is 0. The van der Waals surface area contributed by atoms with Crippen molar-refractivity contribution in [2.45, 2.75) is 40.5 Å². The van der Waals surface area contributed by atoms with Gasteiger partial charge in [0, 0.05) is 12.9 Å². The quantitative estimate of drug-likeness (QED) is 0.814. The molecule has 0 saturated heterocycles. The zero-order valence-corrected chi connectivity index (χ0v) is 11.2. The standard InChI is InChI=1S/C14H21NO2.H2/c1-8(2)11-6-7-12(17-11)14(15)13(9(3)4)10(5)16;/h6-9H,15H2,1-5H3;1H/b14-13-;. The van der Waals surface area contributed by atoms with Crippen LogP contribution in [0.15, 0.2) is 22.1 Å². The molecule has 3 heteroatoms. The molecule has 0 spiro atoms. The molecule has 1 rings (SSSR count). The molecule has 3 nitrogen and oxygen atoms in total. The van der Waals surface area contributed by atoms with Crippen molar-refractivity contribution < 1.29 is 10.6 Å². The van der Waals surface area contributed by atoms with E-state index < -0.39 is 0 Å². The monoisotopic (exact) mass is 237 g/mol. The molecule has 0 aliphatic rings. The van der Waals surface area contributed by atoms with Gasteiger partial charge in [0.15, 0.2) is 5.78 Å². The Balaban J connectivity index is 0.00000289. The zero-order valence-electron chi connectivity index (χ0n) is 11.2. The Labute approximate surface area is 104 Å². The second-order valence-electron chi connectivity index (χ2n) is 4.89. The van der Waals surface area contributed by atoms with E-state index in [1.54, 1.807) is 0 Å². The van der Waals surface area contributed by atoms with Gasteiger partial charge < -0.3 is 10.2 Å². The van der Waals surface area contributed by atoms with Crippen LogP contribution in [0.2, 0.25) is 0 Å². The minimum atomic E-state index is -0.00000283. The second-order valence-corrected chi connectivity index (χ2v) is 4.89. The number of carbonyl (C=O) groups is 1. The average molecular weight is 237 g/mol. The molecule has 0 atom stereocenters. The van der Waals surface area contributed by atoms with Crippen molar-refractivity contribution in [3.63, 3.8) is 0 Å². The molecule has 1 aromatic heterocycles. The van der Waals surface area contributed by atoms with Crippen LogP contribution < -0.4 is 5.73 Å². The number of hydrogen-bond donors (Lipinski definition) is 1. The van der Waals surface area contributed by atoms with Crippen molar-refractivity contribution in [1.82, 2.24) is 0 Å². The highest BCUT2D eigenvalue weighted by Crippen LogP contribution is 2.25. The number of hydrogen-bond acceptors (Lipinski definition) is 3. The summed E-state index contributed by atoms with van der Waals surface area (Å²) >= 11 is 0. The lowest BCUT2D eigenvalue weighted by Gasteiger charge is -2.11. The molecule has 0 aliphatic carbocycles. The van der Waals surface area contributed by atoms with E-state index in [1.165, 1.54) is 6.92 Å². The summed E-state index contributed by atoms with van der Waals surface area (Å²) < 4.78 is 5.65. The third kappa shape index (κ3) is 2.99. The van der Waals surface area contributed by atoms with Gasteiger partial charge in [0.1, 0.15) is 11.5 Å². The maximum absolute atomic E-state index is 11.6. The highest BCUT2D eigenvalue weighted by molar-refractivity contribution is 6.00. The van der Waals surface area contributed by atoms with E-state index in [0.29, 0.717) is 22.9 Å². The predicted molar refractivity (Wildman–Crippen MR) is 71.5 cm³/mol. The van der Waals surface area contributed by atoms with E-state index in [9.17, 15) is 4.79 Å². The molecule has 0 aromatic carbocycles. The molecule has 0 saturated carbocycles. The fraction of sp³-hybridized carbons (Fsp3) is 0.500. The Hall–Kier alpha value is -1.51. The summed E-state index contributed by atoms with van der Waals surface area (Å²) in [5.41, 5.74) is 7.11. The third-order valence-corrected chi connectivity index (χ3v) is 2.71. The highest BCUT2D eigenvalue weighted by atomic mass is 16.3. The lowest BCUT2D eigenvalue weighted by molar-refractivity contribution is -0.114. The van der Waals surface area contributed by atoms with E-state index >= 15 is 0 Å². The second kappa shape index (κ2) is 5.21. The maximum atomic E-state index is 11.6. The van der Waals surface area contributed by atoms with Crippen LogP contribution in [-0.4, -0.2) is 5.78 Å². The number of ketones is 1. The van der Waals surface area contributed by atoms with Gasteiger partial charge in [-0.25, -0.2) is 0 Å². The SMILES string of the molecule is CC(=O)/C(=C(\N)c1ccc(C(C)C)o1)C(C)C.[HH]. The largest absolute Gasteiger partial charge is 0.459 e. The van der Waals surface area contributed by atoms with Gasteiger partial charge in [-0.2, -0.15) is 0 Å². The Morgan fingerprint density at radius 3 is 2.24 bits per heavy atom. The Bertz CT molecular complexity index is 444. The molecule has 17 heavy (non-hydrogen) atoms. The minimum Gasteiger partial charge on any atom is -0.459 e. The summed E-state index contributed by atoms with van der Waals surface area (Å²) in [6.07, 6.45) is 0. The van der Waals surface area contributed by atoms with E-state index in [1.807, 2.05) is 26.0 Å². The molecule has 0 aliphatic heterocycles. The first-order chi connectivity index (χ1) is 7.84. The van der Waals surface area contributed by atoms with Gasteiger partial charge in [0.2, 0.25) is 0 Å². The number of allylic oxidation sites excluding steroid dienone is 1. The Morgan fingerprint density at radius 1 is 1.29 bits per heavy atom. The lowest BCUT2D eigenvalue weighted by Crippen LogP contribution is -2.12. The van der Waals surface area contributed by atoms with Gasteiger partial charge in [-0.1, -0.05) is 27.7 Å². The molecule has 0 unspecified atom stereocenters. The molecule has 1 heterocycles. The van der Waals surface area contributed by atoms with Crippen LogP contribution >= 0.6 is 0 Å². The van der Waals surface area contributed by atoms with Crippen molar-refractivity contribution in [3.05, 3.63) is 29.2 Å². The normalized spacial score (nSPS) is 13.1. The topological polar surface area (TPSA) is 56.2 Å².